The Labute approximate surface area is 153 Å². The number of methoxy groups -OCH3 is 1. The molecule has 0 saturated heterocycles. The molecule has 0 unspecified atom stereocenters. The summed E-state index contributed by atoms with van der Waals surface area (Å²) in [6.07, 6.45) is 1.45. The maximum atomic E-state index is 12.4. The van der Waals surface area contributed by atoms with E-state index in [1.807, 2.05) is 6.07 Å². The lowest BCUT2D eigenvalue weighted by Gasteiger charge is -2.14. The number of nitriles is 1. The van der Waals surface area contributed by atoms with Crippen molar-refractivity contribution in [3.05, 3.63) is 62.4 Å². The number of phenolic OH excluding ortho intramolecular Hbond substituents is 1. The van der Waals surface area contributed by atoms with E-state index in [0.717, 1.165) is 18.2 Å². The Bertz CT molecular complexity index is 1050. The van der Waals surface area contributed by atoms with Crippen LogP contribution in [0.3, 0.4) is 0 Å². The molecular formula is C17H15N5O5. The zero-order chi connectivity index (χ0) is 20.1. The number of phenols is 1. The van der Waals surface area contributed by atoms with Gasteiger partial charge >= 0.3 is 0 Å². The molecule has 0 fully saturated rings. The monoisotopic (exact) mass is 369 g/mol. The van der Waals surface area contributed by atoms with Crippen LogP contribution in [0.25, 0.3) is 0 Å². The lowest BCUT2D eigenvalue weighted by atomic mass is 10.1. The minimum atomic E-state index is -0.637. The Morgan fingerprint density at radius 3 is 2.74 bits per heavy atom. The van der Waals surface area contributed by atoms with E-state index in [2.05, 4.69) is 16.8 Å². The van der Waals surface area contributed by atoms with Crippen molar-refractivity contribution in [1.82, 2.24) is 4.57 Å². The zero-order valence-corrected chi connectivity index (χ0v) is 14.5. The second kappa shape index (κ2) is 7.92. The minimum absolute atomic E-state index is 0.0464. The van der Waals surface area contributed by atoms with Gasteiger partial charge in [0.05, 0.1) is 12.0 Å². The molecule has 0 amide bonds. The van der Waals surface area contributed by atoms with Crippen LogP contribution in [0.2, 0.25) is 0 Å². The quantitative estimate of drug-likeness (QED) is 0.358. The van der Waals surface area contributed by atoms with Crippen molar-refractivity contribution in [1.29, 1.82) is 5.26 Å². The largest absolute Gasteiger partial charge is 0.506 e. The molecule has 1 heterocycles. The average molecular weight is 369 g/mol. The molecule has 0 spiro atoms. The standard InChI is InChI=1S/C17H15N5O5/c1-4-7-21-16(24)12(9-18)10(2)15(17(21)27-3)20-19-13-8-11(22(25)26)5-6-14(13)23/h4-6,8,23H,1,7H2,2-3H3. The molecule has 0 bridgehead atoms. The fourth-order valence-corrected chi connectivity index (χ4v) is 2.35. The number of nitrogens with zero attached hydrogens (tertiary/aromatic N) is 5. The summed E-state index contributed by atoms with van der Waals surface area (Å²) in [7, 11) is 1.32. The zero-order valence-electron chi connectivity index (χ0n) is 14.5. The number of nitro benzene ring substituents is 1. The first-order chi connectivity index (χ1) is 12.8. The smallest absolute Gasteiger partial charge is 0.271 e. The van der Waals surface area contributed by atoms with Crippen molar-refractivity contribution in [3.8, 4) is 17.7 Å². The van der Waals surface area contributed by atoms with Gasteiger partial charge in [-0.15, -0.1) is 16.8 Å². The first kappa shape index (κ1) is 19.3. The molecule has 0 aliphatic heterocycles. The van der Waals surface area contributed by atoms with Gasteiger partial charge in [-0.25, -0.2) is 0 Å². The summed E-state index contributed by atoms with van der Waals surface area (Å²) >= 11 is 0. The summed E-state index contributed by atoms with van der Waals surface area (Å²) in [4.78, 5) is 22.7. The van der Waals surface area contributed by atoms with Crippen molar-refractivity contribution >= 4 is 17.1 Å². The molecular weight excluding hydrogens is 354 g/mol. The van der Waals surface area contributed by atoms with E-state index in [1.165, 1.54) is 24.7 Å². The minimum Gasteiger partial charge on any atom is -0.506 e. The third-order valence-corrected chi connectivity index (χ3v) is 3.68. The molecule has 0 aliphatic rings. The maximum Gasteiger partial charge on any atom is 0.271 e. The number of hydrogen-bond acceptors (Lipinski definition) is 8. The van der Waals surface area contributed by atoms with Crippen LogP contribution in [0.1, 0.15) is 11.1 Å². The van der Waals surface area contributed by atoms with Crippen molar-refractivity contribution in [2.45, 2.75) is 13.5 Å². The molecule has 0 aliphatic carbocycles. The third-order valence-electron chi connectivity index (χ3n) is 3.68. The molecule has 0 saturated carbocycles. The van der Waals surface area contributed by atoms with E-state index < -0.39 is 10.5 Å². The fraction of sp³-hybridized carbons (Fsp3) is 0.176. The highest BCUT2D eigenvalue weighted by Crippen LogP contribution is 2.36. The number of non-ortho nitro benzene ring substituents is 1. The molecule has 1 aromatic heterocycles. The van der Waals surface area contributed by atoms with E-state index in [1.54, 1.807) is 0 Å². The number of allylic oxidation sites excluding steroid dienone is 1. The van der Waals surface area contributed by atoms with E-state index in [4.69, 9.17) is 4.74 Å². The van der Waals surface area contributed by atoms with Crippen LogP contribution in [-0.4, -0.2) is 21.7 Å². The highest BCUT2D eigenvalue weighted by Gasteiger charge is 2.20. The van der Waals surface area contributed by atoms with Crippen LogP contribution in [0.4, 0.5) is 17.1 Å². The Hall–Kier alpha value is -4.00. The highest BCUT2D eigenvalue weighted by molar-refractivity contribution is 5.61. The fourth-order valence-electron chi connectivity index (χ4n) is 2.35. The van der Waals surface area contributed by atoms with Crippen LogP contribution in [0.15, 0.2) is 45.9 Å². The van der Waals surface area contributed by atoms with Gasteiger partial charge in [0.1, 0.15) is 23.1 Å². The molecule has 2 aromatic rings. The lowest BCUT2D eigenvalue weighted by molar-refractivity contribution is -0.384. The molecule has 0 atom stereocenters. The van der Waals surface area contributed by atoms with Gasteiger partial charge in [-0.05, 0) is 13.0 Å². The number of benzene rings is 1. The molecule has 1 N–H and O–H groups in total. The summed E-state index contributed by atoms with van der Waals surface area (Å²) < 4.78 is 6.42. The van der Waals surface area contributed by atoms with Crippen LogP contribution in [0.5, 0.6) is 11.6 Å². The third kappa shape index (κ3) is 3.67. The topological polar surface area (TPSA) is 143 Å². The Morgan fingerprint density at radius 2 is 2.19 bits per heavy atom. The molecule has 10 nitrogen and oxygen atoms in total. The average Bonchev–Trinajstić information content (AvgIpc) is 2.64. The van der Waals surface area contributed by atoms with Gasteiger partial charge in [-0.1, -0.05) is 6.08 Å². The summed E-state index contributed by atoms with van der Waals surface area (Å²) in [5, 5.41) is 37.8. The van der Waals surface area contributed by atoms with Crippen LogP contribution >= 0.6 is 0 Å². The maximum absolute atomic E-state index is 12.4. The molecule has 10 heteroatoms. The Morgan fingerprint density at radius 1 is 1.48 bits per heavy atom. The normalized spacial score (nSPS) is 10.6. The lowest BCUT2D eigenvalue weighted by Crippen LogP contribution is -2.24. The first-order valence-corrected chi connectivity index (χ1v) is 7.57. The van der Waals surface area contributed by atoms with Crippen molar-refractivity contribution in [2.75, 3.05) is 7.11 Å². The van der Waals surface area contributed by atoms with Gasteiger partial charge in [-0.3, -0.25) is 19.5 Å². The molecule has 2 rings (SSSR count). The van der Waals surface area contributed by atoms with Gasteiger partial charge in [0.2, 0.25) is 5.88 Å². The van der Waals surface area contributed by atoms with Gasteiger partial charge in [0, 0.05) is 24.2 Å². The van der Waals surface area contributed by atoms with Crippen LogP contribution in [0, 0.1) is 28.4 Å². The summed E-state index contributed by atoms with van der Waals surface area (Å²) in [5.41, 5.74) is -0.820. The van der Waals surface area contributed by atoms with Crippen molar-refractivity contribution in [2.24, 2.45) is 10.2 Å². The number of azo groups is 1. The highest BCUT2D eigenvalue weighted by atomic mass is 16.6. The predicted molar refractivity (Wildman–Crippen MR) is 95.8 cm³/mol. The van der Waals surface area contributed by atoms with Gasteiger partial charge < -0.3 is 9.84 Å². The van der Waals surface area contributed by atoms with Crippen molar-refractivity contribution < 1.29 is 14.8 Å². The number of aromatic hydroxyl groups is 1. The van der Waals surface area contributed by atoms with Crippen LogP contribution < -0.4 is 10.3 Å². The number of aromatic nitrogens is 1. The van der Waals surface area contributed by atoms with Gasteiger partial charge in [0.15, 0.2) is 5.69 Å². The number of ether oxygens (including phenoxy) is 1. The van der Waals surface area contributed by atoms with Gasteiger partial charge in [0.25, 0.3) is 11.2 Å². The van der Waals surface area contributed by atoms with E-state index in [-0.39, 0.29) is 46.4 Å². The molecule has 138 valence electrons. The second-order valence-corrected chi connectivity index (χ2v) is 5.30. The van der Waals surface area contributed by atoms with E-state index in [9.17, 15) is 25.3 Å². The summed E-state index contributed by atoms with van der Waals surface area (Å²) in [6.45, 7) is 5.14. The van der Waals surface area contributed by atoms with Gasteiger partial charge in [-0.2, -0.15) is 5.26 Å². The van der Waals surface area contributed by atoms with Crippen LogP contribution in [-0.2, 0) is 6.54 Å². The Kier molecular flexibility index (Phi) is 5.67. The molecule has 1 aromatic carbocycles. The summed E-state index contributed by atoms with van der Waals surface area (Å²) in [5.74, 6) is -0.272. The van der Waals surface area contributed by atoms with E-state index in [0.29, 0.717) is 0 Å². The number of rotatable bonds is 6. The first-order valence-electron chi connectivity index (χ1n) is 7.57. The number of pyridine rings is 1. The SMILES string of the molecule is C=CCn1c(OC)c(N=Nc2cc([N+](=O)[O-])ccc2O)c(C)c(C#N)c1=O. The number of nitro groups is 1. The molecule has 0 radical (unpaired) electrons. The second-order valence-electron chi connectivity index (χ2n) is 5.30. The predicted octanol–water partition coefficient (Wildman–Crippen LogP) is 3.25. The Balaban J connectivity index is 2.71. The van der Waals surface area contributed by atoms with Crippen molar-refractivity contribution in [3.63, 3.8) is 0 Å². The van der Waals surface area contributed by atoms with E-state index >= 15 is 0 Å². The number of hydrogen-bond donors (Lipinski definition) is 1. The summed E-state index contributed by atoms with van der Waals surface area (Å²) in [6, 6.07) is 5.12. The molecule has 27 heavy (non-hydrogen) atoms.